The summed E-state index contributed by atoms with van der Waals surface area (Å²) in [6.45, 7) is 0. The van der Waals surface area contributed by atoms with Crippen molar-refractivity contribution < 1.29 is 14.4 Å². The lowest BCUT2D eigenvalue weighted by molar-refractivity contribution is 0.376. The van der Waals surface area contributed by atoms with Crippen molar-refractivity contribution in [1.82, 2.24) is 9.97 Å². The molecule has 0 aromatic carbocycles. The van der Waals surface area contributed by atoms with Gasteiger partial charge >= 0.3 is 13.7 Å². The van der Waals surface area contributed by atoms with Gasteiger partial charge in [0.05, 0.1) is 19.5 Å². The van der Waals surface area contributed by atoms with E-state index in [1.807, 2.05) is 0 Å². The van der Waals surface area contributed by atoms with Crippen molar-refractivity contribution >= 4 is 7.69 Å². The van der Waals surface area contributed by atoms with Crippen LogP contribution < -0.4 is 9.39 Å². The minimum Gasteiger partial charge on any atom is -0.537 e. The molecule has 1 rings (SSSR count). The van der Waals surface area contributed by atoms with Gasteiger partial charge in [-0.2, -0.15) is 9.97 Å². The Labute approximate surface area is 64.3 Å². The second kappa shape index (κ2) is 3.77. The summed E-state index contributed by atoms with van der Waals surface area (Å²) in [7, 11) is 1.09. The van der Waals surface area contributed by atoms with Crippen LogP contribution in [0.4, 0.5) is 0 Å². The first-order valence-corrected chi connectivity index (χ1v) is 2.96. The van der Waals surface area contributed by atoms with Crippen LogP contribution >= 0.6 is 0 Å². The fourth-order valence-corrected chi connectivity index (χ4v) is 0.559. The van der Waals surface area contributed by atoms with E-state index < -0.39 is 0 Å². The molecule has 0 aliphatic rings. The maximum atomic E-state index is 8.34. The van der Waals surface area contributed by atoms with Gasteiger partial charge in [-0.15, -0.1) is 0 Å². The summed E-state index contributed by atoms with van der Waals surface area (Å²) >= 11 is 0. The van der Waals surface area contributed by atoms with Crippen LogP contribution in [0, 0.1) is 0 Å². The minimum absolute atomic E-state index is 0.273. The van der Waals surface area contributed by atoms with Crippen molar-refractivity contribution in [1.29, 1.82) is 0 Å². The van der Waals surface area contributed by atoms with Gasteiger partial charge in [0.1, 0.15) is 5.75 Å². The maximum Gasteiger partial charge on any atom is 0.504 e. The lowest BCUT2D eigenvalue weighted by Crippen LogP contribution is -2.01. The second-order valence-electron chi connectivity index (χ2n) is 1.68. The van der Waals surface area contributed by atoms with Gasteiger partial charge in [-0.05, 0) is 0 Å². The molecule has 0 radical (unpaired) electrons. The molecule has 0 unspecified atom stereocenters. The molecule has 0 amide bonds. The first-order chi connectivity index (χ1) is 5.36. The van der Waals surface area contributed by atoms with Gasteiger partial charge in [0, 0.05) is 0 Å². The maximum absolute atomic E-state index is 8.34. The lowest BCUT2D eigenvalue weighted by Gasteiger charge is -2.00. The van der Waals surface area contributed by atoms with E-state index in [2.05, 4.69) is 14.6 Å². The minimum atomic E-state index is -0.379. The molecule has 0 aliphatic carbocycles. The number of ether oxygens (including phenoxy) is 1. The highest BCUT2D eigenvalue weighted by atomic mass is 16.5. The van der Waals surface area contributed by atoms with Crippen LogP contribution in [0.2, 0.25) is 0 Å². The molecule has 0 bridgehead atoms. The summed E-state index contributed by atoms with van der Waals surface area (Å²) in [5.74, 6) is 0.410. The van der Waals surface area contributed by atoms with Crippen molar-refractivity contribution in [3.63, 3.8) is 0 Å². The molecule has 0 saturated heterocycles. The van der Waals surface area contributed by atoms with Crippen LogP contribution in [0.15, 0.2) is 12.4 Å². The number of hydrogen-bond donors (Lipinski definition) is 1. The molecule has 58 valence electrons. The molecule has 1 N–H and O–H groups in total. The molecule has 11 heavy (non-hydrogen) atoms. The van der Waals surface area contributed by atoms with Crippen LogP contribution in [0.5, 0.6) is 11.8 Å². The van der Waals surface area contributed by atoms with E-state index in [4.69, 9.17) is 9.76 Å². The summed E-state index contributed by atoms with van der Waals surface area (Å²) in [6.07, 6.45) is 2.84. The highest BCUT2D eigenvalue weighted by Gasteiger charge is 1.96. The molecule has 1 heterocycles. The van der Waals surface area contributed by atoms with Gasteiger partial charge in [-0.3, -0.25) is 0 Å². The third-order valence-electron chi connectivity index (χ3n) is 1.02. The van der Waals surface area contributed by atoms with Crippen molar-refractivity contribution in [3.8, 4) is 11.8 Å². The number of methoxy groups -OCH3 is 1. The fourth-order valence-electron chi connectivity index (χ4n) is 0.559. The number of hydrogen-bond acceptors (Lipinski definition) is 5. The highest BCUT2D eigenvalue weighted by Crippen LogP contribution is 2.07. The summed E-state index contributed by atoms with van der Waals surface area (Å²) in [5.41, 5.74) is 0. The molecule has 1 aromatic heterocycles. The Balaban J connectivity index is 2.66. The highest BCUT2D eigenvalue weighted by molar-refractivity contribution is 6.17. The normalized spacial score (nSPS) is 8.91. The van der Waals surface area contributed by atoms with E-state index >= 15 is 0 Å². The zero-order valence-electron chi connectivity index (χ0n) is 6.02. The summed E-state index contributed by atoms with van der Waals surface area (Å²) < 4.78 is 9.39. The Hall–Kier alpha value is -1.30. The molecule has 1 aromatic rings. The van der Waals surface area contributed by atoms with Gasteiger partial charge in [0.2, 0.25) is 0 Å². The smallest absolute Gasteiger partial charge is 0.504 e. The van der Waals surface area contributed by atoms with Crippen LogP contribution in [0.25, 0.3) is 0 Å². The molecule has 0 fully saturated rings. The molecular formula is C5H7BN2O3. The number of nitrogens with zero attached hydrogens (tertiary/aromatic N) is 2. The van der Waals surface area contributed by atoms with E-state index in [0.717, 1.165) is 0 Å². The standard InChI is InChI=1S/C5H7BN2O3/c1-10-5-7-2-4(3-8-5)11-6-9/h2-3,6,9H,1H3. The monoisotopic (exact) mass is 154 g/mol. The van der Waals surface area contributed by atoms with Gasteiger partial charge < -0.3 is 14.4 Å². The van der Waals surface area contributed by atoms with E-state index in [9.17, 15) is 0 Å². The van der Waals surface area contributed by atoms with Crippen molar-refractivity contribution in [3.05, 3.63) is 12.4 Å². The Bertz CT molecular complexity index is 215. The number of rotatable bonds is 3. The Morgan fingerprint density at radius 3 is 2.55 bits per heavy atom. The van der Waals surface area contributed by atoms with Crippen LogP contribution in [-0.4, -0.2) is 29.8 Å². The fraction of sp³-hybridized carbons (Fsp3) is 0.200. The number of aromatic nitrogens is 2. The first kappa shape index (κ1) is 7.81. The van der Waals surface area contributed by atoms with Crippen LogP contribution in [0.1, 0.15) is 0 Å². The van der Waals surface area contributed by atoms with Gasteiger partial charge in [0.25, 0.3) is 0 Å². The quantitative estimate of drug-likeness (QED) is 0.572. The summed E-state index contributed by atoms with van der Waals surface area (Å²) in [4.78, 5) is 7.49. The second-order valence-corrected chi connectivity index (χ2v) is 1.68. The largest absolute Gasteiger partial charge is 0.537 e. The summed E-state index contributed by atoms with van der Waals surface area (Å²) in [5, 5.41) is 8.34. The van der Waals surface area contributed by atoms with Crippen molar-refractivity contribution in [2.45, 2.75) is 0 Å². The topological polar surface area (TPSA) is 64.5 Å². The van der Waals surface area contributed by atoms with E-state index in [1.165, 1.54) is 19.5 Å². The van der Waals surface area contributed by atoms with E-state index in [-0.39, 0.29) is 13.7 Å². The summed E-state index contributed by atoms with van der Waals surface area (Å²) in [6, 6.07) is 0.273. The average Bonchev–Trinajstić information content (AvgIpc) is 2.07. The average molecular weight is 154 g/mol. The van der Waals surface area contributed by atoms with E-state index in [0.29, 0.717) is 5.75 Å². The van der Waals surface area contributed by atoms with Gasteiger partial charge in [-0.1, -0.05) is 0 Å². The lowest BCUT2D eigenvalue weighted by atomic mass is 10.4. The molecule has 0 aliphatic heterocycles. The predicted molar refractivity (Wildman–Crippen MR) is 38.6 cm³/mol. The SMILES string of the molecule is COc1ncc(OBO)cn1. The van der Waals surface area contributed by atoms with Crippen LogP contribution in [0.3, 0.4) is 0 Å². The van der Waals surface area contributed by atoms with Crippen LogP contribution in [-0.2, 0) is 0 Å². The molecular weight excluding hydrogens is 147 g/mol. The zero-order chi connectivity index (χ0) is 8.10. The van der Waals surface area contributed by atoms with E-state index in [1.54, 1.807) is 0 Å². The zero-order valence-corrected chi connectivity index (χ0v) is 6.02. The Morgan fingerprint density at radius 2 is 2.09 bits per heavy atom. The van der Waals surface area contributed by atoms with Gasteiger partial charge in [-0.25, -0.2) is 0 Å². The third kappa shape index (κ3) is 2.08. The molecule has 6 heteroatoms. The third-order valence-corrected chi connectivity index (χ3v) is 1.02. The van der Waals surface area contributed by atoms with Crippen molar-refractivity contribution in [2.75, 3.05) is 7.11 Å². The Kier molecular flexibility index (Phi) is 2.68. The predicted octanol–water partition coefficient (Wildman–Crippen LogP) is -0.877. The Morgan fingerprint density at radius 1 is 1.45 bits per heavy atom. The molecule has 5 nitrogen and oxygen atoms in total. The van der Waals surface area contributed by atoms with Crippen molar-refractivity contribution in [2.24, 2.45) is 0 Å². The molecule has 0 atom stereocenters. The first-order valence-electron chi connectivity index (χ1n) is 2.96. The molecule has 0 saturated carbocycles. The van der Waals surface area contributed by atoms with Gasteiger partial charge in [0.15, 0.2) is 0 Å². The molecule has 0 spiro atoms.